The van der Waals surface area contributed by atoms with Gasteiger partial charge in [-0.1, -0.05) is 59.6 Å². The Bertz CT molecular complexity index is 1570. The third-order valence-electron chi connectivity index (χ3n) is 6.90. The molecule has 0 radical (unpaired) electrons. The number of benzene rings is 3. The molecule has 206 valence electrons. The normalized spacial score (nSPS) is 15.4. The molecule has 40 heavy (non-hydrogen) atoms. The Morgan fingerprint density at radius 3 is 2.27 bits per heavy atom. The van der Waals surface area contributed by atoms with E-state index in [9.17, 15) is 27.9 Å². The monoisotopic (exact) mass is 587 g/mol. The van der Waals surface area contributed by atoms with E-state index in [1.165, 1.54) is 16.8 Å². The summed E-state index contributed by atoms with van der Waals surface area (Å²) in [6, 6.07) is 18.5. The summed E-state index contributed by atoms with van der Waals surface area (Å²) in [5.41, 5.74) is 1.60. The highest BCUT2D eigenvalue weighted by molar-refractivity contribution is 6.32. The number of aromatic nitrogens is 2. The number of likely N-dealkylation sites (tertiary alicyclic amines) is 1. The molecule has 0 bridgehead atoms. The molecule has 1 aliphatic rings. The lowest BCUT2D eigenvalue weighted by Gasteiger charge is -2.17. The largest absolute Gasteiger partial charge is 0.481 e. The fraction of sp³-hybridized carbons (Fsp3) is 0.207. The standard InChI is InChI=1S/C29H22Cl2F3N3O3/c30-21-11-7-18(8-12-21)27-22(15-25(38)39)26(35-37(27)24-4-2-1-3-23(24)31)28(40)36-14-13-19(16-36)17-5-9-20(10-6-17)29(32,33)34/h1-12,19H,13-16H2,(H,38,39). The summed E-state index contributed by atoms with van der Waals surface area (Å²) >= 11 is 12.6. The van der Waals surface area contributed by atoms with Crippen molar-refractivity contribution in [1.82, 2.24) is 14.7 Å². The van der Waals surface area contributed by atoms with E-state index >= 15 is 0 Å². The highest BCUT2D eigenvalue weighted by atomic mass is 35.5. The molecule has 1 atom stereocenters. The molecule has 3 aromatic carbocycles. The van der Waals surface area contributed by atoms with E-state index in [0.29, 0.717) is 45.5 Å². The molecule has 1 N–H and O–H groups in total. The zero-order valence-electron chi connectivity index (χ0n) is 20.8. The molecule has 0 aliphatic carbocycles. The molecule has 1 fully saturated rings. The minimum Gasteiger partial charge on any atom is -0.481 e. The summed E-state index contributed by atoms with van der Waals surface area (Å²) in [5.74, 6) is -1.78. The number of carboxylic acid groups (broad SMARTS) is 1. The molecular formula is C29H22Cl2F3N3O3. The van der Waals surface area contributed by atoms with Gasteiger partial charge in [-0.15, -0.1) is 0 Å². The lowest BCUT2D eigenvalue weighted by atomic mass is 9.97. The maximum absolute atomic E-state index is 13.8. The van der Waals surface area contributed by atoms with Crippen LogP contribution in [0.5, 0.6) is 0 Å². The minimum absolute atomic E-state index is 0.0275. The van der Waals surface area contributed by atoms with Gasteiger partial charge < -0.3 is 10.0 Å². The second-order valence-corrected chi connectivity index (χ2v) is 10.3. The Labute approximate surface area is 237 Å². The zero-order chi connectivity index (χ0) is 28.6. The van der Waals surface area contributed by atoms with Crippen molar-refractivity contribution >= 4 is 35.1 Å². The summed E-state index contributed by atoms with van der Waals surface area (Å²) in [7, 11) is 0. The van der Waals surface area contributed by atoms with Gasteiger partial charge in [0.15, 0.2) is 5.69 Å². The molecular weight excluding hydrogens is 566 g/mol. The van der Waals surface area contributed by atoms with Crippen molar-refractivity contribution in [1.29, 1.82) is 0 Å². The molecule has 6 nitrogen and oxygen atoms in total. The van der Waals surface area contributed by atoms with Crippen LogP contribution >= 0.6 is 23.2 Å². The third-order valence-corrected chi connectivity index (χ3v) is 7.47. The van der Waals surface area contributed by atoms with E-state index in [1.54, 1.807) is 53.4 Å². The maximum Gasteiger partial charge on any atom is 0.416 e. The molecule has 1 aliphatic heterocycles. The van der Waals surface area contributed by atoms with Gasteiger partial charge in [-0.2, -0.15) is 18.3 Å². The van der Waals surface area contributed by atoms with Crippen LogP contribution in [0.1, 0.15) is 39.5 Å². The van der Waals surface area contributed by atoms with Crippen molar-refractivity contribution in [3.63, 3.8) is 0 Å². The number of alkyl halides is 3. The summed E-state index contributed by atoms with van der Waals surface area (Å²) in [6.07, 6.45) is -4.36. The first kappa shape index (κ1) is 27.7. The summed E-state index contributed by atoms with van der Waals surface area (Å²) in [4.78, 5) is 27.3. The van der Waals surface area contributed by atoms with Gasteiger partial charge >= 0.3 is 12.1 Å². The van der Waals surface area contributed by atoms with Crippen LogP contribution in [0.2, 0.25) is 10.0 Å². The molecule has 1 aromatic heterocycles. The van der Waals surface area contributed by atoms with E-state index < -0.39 is 30.0 Å². The highest BCUT2D eigenvalue weighted by Gasteiger charge is 2.35. The number of nitrogens with zero attached hydrogens (tertiary/aromatic N) is 3. The topological polar surface area (TPSA) is 75.4 Å². The van der Waals surface area contributed by atoms with Crippen LogP contribution < -0.4 is 0 Å². The predicted molar refractivity (Wildman–Crippen MR) is 145 cm³/mol. The average Bonchev–Trinajstić information content (AvgIpc) is 3.54. The summed E-state index contributed by atoms with van der Waals surface area (Å²) in [5, 5.41) is 15.2. The Morgan fingerprint density at radius 2 is 1.65 bits per heavy atom. The summed E-state index contributed by atoms with van der Waals surface area (Å²) < 4.78 is 40.4. The van der Waals surface area contributed by atoms with Crippen LogP contribution in [0.3, 0.4) is 0 Å². The van der Waals surface area contributed by atoms with E-state index in [0.717, 1.165) is 12.1 Å². The number of carbonyl (C=O) groups is 2. The van der Waals surface area contributed by atoms with Crippen LogP contribution in [-0.4, -0.2) is 44.8 Å². The summed E-state index contributed by atoms with van der Waals surface area (Å²) in [6.45, 7) is 0.595. The number of carboxylic acids is 1. The lowest BCUT2D eigenvalue weighted by Crippen LogP contribution is -2.30. The number of halogens is 5. The number of amides is 1. The van der Waals surface area contributed by atoms with E-state index in [1.807, 2.05) is 0 Å². The molecule has 5 rings (SSSR count). The third kappa shape index (κ3) is 5.57. The van der Waals surface area contributed by atoms with E-state index in [-0.39, 0.29) is 23.7 Å². The van der Waals surface area contributed by atoms with E-state index in [2.05, 4.69) is 5.10 Å². The SMILES string of the molecule is O=C(O)Cc1c(C(=O)N2CCC(c3ccc(C(F)(F)F)cc3)C2)nn(-c2ccccc2Cl)c1-c1ccc(Cl)cc1. The number of rotatable bonds is 6. The molecule has 0 saturated carbocycles. The smallest absolute Gasteiger partial charge is 0.416 e. The van der Waals surface area contributed by atoms with Gasteiger partial charge in [0.05, 0.1) is 28.4 Å². The first-order chi connectivity index (χ1) is 19.0. The number of aliphatic carboxylic acids is 1. The number of carbonyl (C=O) groups excluding carboxylic acids is 1. The second kappa shape index (κ2) is 11.0. The van der Waals surface area contributed by atoms with Crippen LogP contribution in [0, 0.1) is 0 Å². The van der Waals surface area contributed by atoms with Crippen molar-refractivity contribution in [3.8, 4) is 16.9 Å². The van der Waals surface area contributed by atoms with Gasteiger partial charge in [0.25, 0.3) is 5.91 Å². The van der Waals surface area contributed by atoms with Gasteiger partial charge in [0.1, 0.15) is 0 Å². The fourth-order valence-electron chi connectivity index (χ4n) is 4.95. The Balaban J connectivity index is 1.54. The van der Waals surface area contributed by atoms with Crippen LogP contribution in [0.25, 0.3) is 16.9 Å². The highest BCUT2D eigenvalue weighted by Crippen LogP contribution is 2.36. The first-order valence-electron chi connectivity index (χ1n) is 12.3. The molecule has 0 spiro atoms. The van der Waals surface area contributed by atoms with E-state index in [4.69, 9.17) is 23.2 Å². The van der Waals surface area contributed by atoms with Crippen molar-refractivity contribution in [2.45, 2.75) is 24.9 Å². The van der Waals surface area contributed by atoms with Gasteiger partial charge in [-0.25, -0.2) is 4.68 Å². The van der Waals surface area contributed by atoms with Crippen molar-refractivity contribution < 1.29 is 27.9 Å². The Hall–Kier alpha value is -3.82. The molecule has 4 aromatic rings. The van der Waals surface area contributed by atoms with Crippen molar-refractivity contribution in [2.24, 2.45) is 0 Å². The molecule has 1 amide bonds. The van der Waals surface area contributed by atoms with Crippen LogP contribution in [0.4, 0.5) is 13.2 Å². The first-order valence-corrected chi connectivity index (χ1v) is 13.1. The molecule has 1 unspecified atom stereocenters. The quantitative estimate of drug-likeness (QED) is 0.260. The Kier molecular flexibility index (Phi) is 7.61. The van der Waals surface area contributed by atoms with Crippen molar-refractivity contribution in [2.75, 3.05) is 13.1 Å². The Morgan fingerprint density at radius 1 is 0.975 bits per heavy atom. The average molecular weight is 588 g/mol. The van der Waals surface area contributed by atoms with Gasteiger partial charge in [-0.05, 0) is 48.4 Å². The molecule has 1 saturated heterocycles. The predicted octanol–water partition coefficient (Wildman–Crippen LogP) is 7.12. The number of para-hydroxylation sites is 1. The zero-order valence-corrected chi connectivity index (χ0v) is 22.3. The fourth-order valence-corrected chi connectivity index (χ4v) is 5.30. The number of hydrogen-bond donors (Lipinski definition) is 1. The molecule has 2 heterocycles. The van der Waals surface area contributed by atoms with Gasteiger partial charge in [0, 0.05) is 35.2 Å². The minimum atomic E-state index is -4.43. The second-order valence-electron chi connectivity index (χ2n) is 9.47. The lowest BCUT2D eigenvalue weighted by molar-refractivity contribution is -0.138. The molecule has 11 heteroatoms. The maximum atomic E-state index is 13.8. The number of hydrogen-bond acceptors (Lipinski definition) is 3. The van der Waals surface area contributed by atoms with Gasteiger partial charge in [-0.3, -0.25) is 9.59 Å². The van der Waals surface area contributed by atoms with Crippen molar-refractivity contribution in [3.05, 3.63) is 105 Å². The van der Waals surface area contributed by atoms with Crippen LogP contribution in [0.15, 0.2) is 72.8 Å². The van der Waals surface area contributed by atoms with Gasteiger partial charge in [0.2, 0.25) is 0 Å². The van der Waals surface area contributed by atoms with Crippen LogP contribution in [-0.2, 0) is 17.4 Å².